The zero-order valence-electron chi connectivity index (χ0n) is 8.46. The lowest BCUT2D eigenvalue weighted by atomic mass is 10.1. The molecule has 82 valence electrons. The Labute approximate surface area is 102 Å². The number of nitrogens with one attached hydrogen (secondary N) is 1. The van der Waals surface area contributed by atoms with E-state index in [2.05, 4.69) is 27.3 Å². The summed E-state index contributed by atoms with van der Waals surface area (Å²) in [6.07, 6.45) is 4.56. The molecule has 0 unspecified atom stereocenters. The van der Waals surface area contributed by atoms with E-state index in [1.165, 1.54) is 17.7 Å². The summed E-state index contributed by atoms with van der Waals surface area (Å²) >= 11 is 5.08. The highest BCUT2D eigenvalue weighted by Crippen LogP contribution is 2.25. The fraction of sp³-hybridized carbons (Fsp3) is 0.545. The fourth-order valence-electron chi connectivity index (χ4n) is 1.95. The normalized spacial score (nSPS) is 16.9. The van der Waals surface area contributed by atoms with Crippen molar-refractivity contribution in [3.05, 3.63) is 20.8 Å². The first kappa shape index (κ1) is 11.1. The summed E-state index contributed by atoms with van der Waals surface area (Å²) in [7, 11) is 0. The minimum absolute atomic E-state index is 0.233. The number of carbonyl (C=O) groups is 1. The van der Waals surface area contributed by atoms with Gasteiger partial charge in [-0.25, -0.2) is 0 Å². The number of rotatable bonds is 3. The minimum Gasteiger partial charge on any atom is -0.351 e. The summed E-state index contributed by atoms with van der Waals surface area (Å²) in [6, 6.07) is 2.06. The quantitative estimate of drug-likeness (QED) is 0.908. The van der Waals surface area contributed by atoms with E-state index < -0.39 is 0 Å². The average Bonchev–Trinajstić information content (AvgIpc) is 2.84. The van der Waals surface area contributed by atoms with E-state index in [1.54, 1.807) is 11.3 Å². The molecule has 1 aliphatic rings. The second-order valence-electron chi connectivity index (χ2n) is 3.93. The van der Waals surface area contributed by atoms with Crippen LogP contribution in [-0.2, 0) is 11.3 Å². The molecule has 0 saturated heterocycles. The Hall–Kier alpha value is -0.350. The van der Waals surface area contributed by atoms with E-state index in [0.29, 0.717) is 6.54 Å². The van der Waals surface area contributed by atoms with Gasteiger partial charge in [0.15, 0.2) is 0 Å². The third-order valence-corrected chi connectivity index (χ3v) is 4.48. The van der Waals surface area contributed by atoms with Gasteiger partial charge in [-0.1, -0.05) is 12.8 Å². The molecule has 1 heterocycles. The van der Waals surface area contributed by atoms with Crippen molar-refractivity contribution in [1.82, 2.24) is 5.32 Å². The highest BCUT2D eigenvalue weighted by atomic mass is 79.9. The minimum atomic E-state index is 0.233. The SMILES string of the molecule is O=C(NCc1cc(Br)cs1)C1CCCC1. The first-order chi connectivity index (χ1) is 7.25. The average molecular weight is 288 g/mol. The van der Waals surface area contributed by atoms with E-state index in [4.69, 9.17) is 0 Å². The van der Waals surface area contributed by atoms with Crippen LogP contribution in [0, 0.1) is 5.92 Å². The maximum atomic E-state index is 11.7. The second-order valence-corrected chi connectivity index (χ2v) is 5.84. The number of thiophene rings is 1. The van der Waals surface area contributed by atoms with E-state index in [1.807, 2.05) is 5.38 Å². The number of carbonyl (C=O) groups excluding carboxylic acids is 1. The number of hydrogen-bond donors (Lipinski definition) is 1. The molecule has 4 heteroatoms. The summed E-state index contributed by atoms with van der Waals surface area (Å²) < 4.78 is 1.10. The van der Waals surface area contributed by atoms with Gasteiger partial charge in [0.05, 0.1) is 6.54 Å². The number of hydrogen-bond acceptors (Lipinski definition) is 2. The Morgan fingerprint density at radius 3 is 2.87 bits per heavy atom. The Balaban J connectivity index is 1.80. The maximum absolute atomic E-state index is 11.7. The molecular formula is C11H14BrNOS. The Morgan fingerprint density at radius 1 is 1.53 bits per heavy atom. The molecule has 1 saturated carbocycles. The van der Waals surface area contributed by atoms with Gasteiger partial charge in [0.2, 0.25) is 5.91 Å². The molecule has 1 aromatic rings. The summed E-state index contributed by atoms with van der Waals surface area (Å²) in [5.74, 6) is 0.505. The fourth-order valence-corrected chi connectivity index (χ4v) is 3.34. The van der Waals surface area contributed by atoms with Crippen LogP contribution in [-0.4, -0.2) is 5.91 Å². The molecule has 1 N–H and O–H groups in total. The lowest BCUT2D eigenvalue weighted by molar-refractivity contribution is -0.124. The van der Waals surface area contributed by atoms with Crippen LogP contribution in [0.15, 0.2) is 15.9 Å². The van der Waals surface area contributed by atoms with Crippen LogP contribution in [0.4, 0.5) is 0 Å². The summed E-state index contributed by atoms with van der Waals surface area (Å²) in [5, 5.41) is 5.04. The van der Waals surface area contributed by atoms with Gasteiger partial charge in [0.1, 0.15) is 0 Å². The molecule has 1 aromatic heterocycles. The standard InChI is InChI=1S/C11H14BrNOS/c12-9-5-10(15-7-9)6-13-11(14)8-3-1-2-4-8/h5,7-8H,1-4,6H2,(H,13,14). The van der Waals surface area contributed by atoms with Crippen LogP contribution in [0.1, 0.15) is 30.6 Å². The van der Waals surface area contributed by atoms with Crippen molar-refractivity contribution >= 4 is 33.2 Å². The van der Waals surface area contributed by atoms with Gasteiger partial charge < -0.3 is 5.32 Å². The Morgan fingerprint density at radius 2 is 2.27 bits per heavy atom. The molecule has 0 radical (unpaired) electrons. The van der Waals surface area contributed by atoms with Gasteiger partial charge >= 0.3 is 0 Å². The zero-order valence-corrected chi connectivity index (χ0v) is 10.9. The van der Waals surface area contributed by atoms with Crippen molar-refractivity contribution in [3.8, 4) is 0 Å². The van der Waals surface area contributed by atoms with Gasteiger partial charge in [0.25, 0.3) is 0 Å². The van der Waals surface area contributed by atoms with Crippen molar-refractivity contribution in [3.63, 3.8) is 0 Å². The smallest absolute Gasteiger partial charge is 0.223 e. The van der Waals surface area contributed by atoms with E-state index >= 15 is 0 Å². The third kappa shape index (κ3) is 3.05. The van der Waals surface area contributed by atoms with Crippen LogP contribution in [0.3, 0.4) is 0 Å². The van der Waals surface area contributed by atoms with Crippen LogP contribution < -0.4 is 5.32 Å². The first-order valence-electron chi connectivity index (χ1n) is 5.26. The van der Waals surface area contributed by atoms with E-state index in [9.17, 15) is 4.79 Å². The number of amides is 1. The molecule has 15 heavy (non-hydrogen) atoms. The van der Waals surface area contributed by atoms with E-state index in [-0.39, 0.29) is 11.8 Å². The van der Waals surface area contributed by atoms with Gasteiger partial charge in [-0.2, -0.15) is 0 Å². The Kier molecular flexibility index (Phi) is 3.81. The van der Waals surface area contributed by atoms with Gasteiger partial charge in [-0.05, 0) is 34.8 Å². The molecule has 0 spiro atoms. The molecule has 1 fully saturated rings. The monoisotopic (exact) mass is 287 g/mol. The molecule has 1 amide bonds. The van der Waals surface area contributed by atoms with Crippen molar-refractivity contribution < 1.29 is 4.79 Å². The van der Waals surface area contributed by atoms with E-state index in [0.717, 1.165) is 17.3 Å². The van der Waals surface area contributed by atoms with Crippen LogP contribution >= 0.6 is 27.3 Å². The molecule has 2 rings (SSSR count). The Bertz CT molecular complexity index is 344. The van der Waals surface area contributed by atoms with Crippen LogP contribution in [0.25, 0.3) is 0 Å². The molecule has 0 aromatic carbocycles. The maximum Gasteiger partial charge on any atom is 0.223 e. The molecular weight excluding hydrogens is 274 g/mol. The topological polar surface area (TPSA) is 29.1 Å². The van der Waals surface area contributed by atoms with Crippen LogP contribution in [0.5, 0.6) is 0 Å². The zero-order chi connectivity index (χ0) is 10.7. The predicted octanol–water partition coefficient (Wildman–Crippen LogP) is 3.32. The second kappa shape index (κ2) is 5.12. The third-order valence-electron chi connectivity index (χ3n) is 2.78. The van der Waals surface area contributed by atoms with Crippen molar-refractivity contribution in [2.45, 2.75) is 32.2 Å². The molecule has 0 atom stereocenters. The first-order valence-corrected chi connectivity index (χ1v) is 6.93. The van der Waals surface area contributed by atoms with Gasteiger partial charge in [0, 0.05) is 20.6 Å². The van der Waals surface area contributed by atoms with Gasteiger partial charge in [-0.15, -0.1) is 11.3 Å². The lowest BCUT2D eigenvalue weighted by Gasteiger charge is -2.08. The largest absolute Gasteiger partial charge is 0.351 e. The summed E-state index contributed by atoms with van der Waals surface area (Å²) in [5.41, 5.74) is 0. The number of halogens is 1. The highest BCUT2D eigenvalue weighted by Gasteiger charge is 2.22. The lowest BCUT2D eigenvalue weighted by Crippen LogP contribution is -2.28. The molecule has 1 aliphatic carbocycles. The van der Waals surface area contributed by atoms with Crippen molar-refractivity contribution in [1.29, 1.82) is 0 Å². The highest BCUT2D eigenvalue weighted by molar-refractivity contribution is 9.10. The molecule has 0 bridgehead atoms. The molecule has 0 aliphatic heterocycles. The summed E-state index contributed by atoms with van der Waals surface area (Å²) in [6.45, 7) is 0.672. The molecule has 2 nitrogen and oxygen atoms in total. The summed E-state index contributed by atoms with van der Waals surface area (Å²) in [4.78, 5) is 12.9. The van der Waals surface area contributed by atoms with Crippen LogP contribution in [0.2, 0.25) is 0 Å². The van der Waals surface area contributed by atoms with Gasteiger partial charge in [-0.3, -0.25) is 4.79 Å². The van der Waals surface area contributed by atoms with Crippen molar-refractivity contribution in [2.24, 2.45) is 5.92 Å². The predicted molar refractivity (Wildman–Crippen MR) is 65.8 cm³/mol. The van der Waals surface area contributed by atoms with Crippen molar-refractivity contribution in [2.75, 3.05) is 0 Å².